The zero-order chi connectivity index (χ0) is 21.1. The van der Waals surface area contributed by atoms with Crippen LogP contribution < -0.4 is 15.6 Å². The number of nitrogens with one attached hydrogen (secondary N) is 2. The molecule has 0 bridgehead atoms. The minimum atomic E-state index is -0.232. The number of nitrogens with zero attached hydrogens (tertiary/aromatic N) is 2. The van der Waals surface area contributed by atoms with E-state index in [4.69, 9.17) is 9.72 Å². The van der Waals surface area contributed by atoms with Crippen molar-refractivity contribution in [1.29, 1.82) is 0 Å². The molecular formula is C23H20N4O3. The van der Waals surface area contributed by atoms with Crippen molar-refractivity contribution in [2.45, 2.75) is 13.3 Å². The number of carbonyl (C=O) groups is 1. The highest BCUT2D eigenvalue weighted by Crippen LogP contribution is 2.36. The largest absolute Gasteiger partial charge is 0.495 e. The number of hydrogen-bond acceptors (Lipinski definition) is 5. The van der Waals surface area contributed by atoms with Crippen molar-refractivity contribution in [3.05, 3.63) is 71.3 Å². The van der Waals surface area contributed by atoms with E-state index < -0.39 is 0 Å². The highest BCUT2D eigenvalue weighted by molar-refractivity contribution is 6.01. The van der Waals surface area contributed by atoms with E-state index in [2.05, 4.69) is 15.3 Å². The molecule has 2 N–H and O–H groups in total. The number of aromatic amines is 1. The number of aromatic nitrogens is 3. The van der Waals surface area contributed by atoms with Crippen molar-refractivity contribution in [2.24, 2.45) is 0 Å². The summed E-state index contributed by atoms with van der Waals surface area (Å²) in [5, 5.41) is 3.65. The minimum Gasteiger partial charge on any atom is -0.495 e. The summed E-state index contributed by atoms with van der Waals surface area (Å²) in [4.78, 5) is 36.2. The Morgan fingerprint density at radius 3 is 2.67 bits per heavy atom. The van der Waals surface area contributed by atoms with Crippen LogP contribution in [0.1, 0.15) is 13.3 Å². The molecule has 3 aromatic heterocycles. The van der Waals surface area contributed by atoms with Crippen LogP contribution >= 0.6 is 0 Å². The Hall–Kier alpha value is -4.00. The maximum atomic E-state index is 12.4. The van der Waals surface area contributed by atoms with E-state index >= 15 is 0 Å². The number of rotatable bonds is 5. The van der Waals surface area contributed by atoms with Crippen LogP contribution in [0.2, 0.25) is 0 Å². The number of fused-ring (bicyclic) bond motifs is 1. The summed E-state index contributed by atoms with van der Waals surface area (Å²) in [6.07, 6.45) is 3.63. The first-order chi connectivity index (χ1) is 14.6. The van der Waals surface area contributed by atoms with Gasteiger partial charge in [-0.3, -0.25) is 14.6 Å². The van der Waals surface area contributed by atoms with Crippen LogP contribution in [-0.4, -0.2) is 28.0 Å². The van der Waals surface area contributed by atoms with Crippen LogP contribution in [-0.2, 0) is 4.79 Å². The second kappa shape index (κ2) is 8.16. The topological polar surface area (TPSA) is 97.0 Å². The third-order valence-electron chi connectivity index (χ3n) is 4.76. The summed E-state index contributed by atoms with van der Waals surface area (Å²) in [6, 6.07) is 14.5. The zero-order valence-corrected chi connectivity index (χ0v) is 16.6. The molecule has 0 fully saturated rings. The van der Waals surface area contributed by atoms with Gasteiger partial charge in [0.25, 0.3) is 5.56 Å². The van der Waals surface area contributed by atoms with Crippen molar-refractivity contribution < 1.29 is 9.53 Å². The summed E-state index contributed by atoms with van der Waals surface area (Å²) >= 11 is 0. The molecule has 1 amide bonds. The lowest BCUT2D eigenvalue weighted by Gasteiger charge is -2.14. The molecule has 0 saturated heterocycles. The first-order valence-electron chi connectivity index (χ1n) is 9.53. The molecule has 30 heavy (non-hydrogen) atoms. The van der Waals surface area contributed by atoms with E-state index in [1.54, 1.807) is 44.6 Å². The van der Waals surface area contributed by atoms with Crippen LogP contribution in [0.5, 0.6) is 5.75 Å². The van der Waals surface area contributed by atoms with Gasteiger partial charge in [0, 0.05) is 29.8 Å². The second-order valence-electron chi connectivity index (χ2n) is 6.65. The summed E-state index contributed by atoms with van der Waals surface area (Å²) in [6.45, 7) is 1.78. The molecule has 0 aliphatic heterocycles. The molecule has 0 unspecified atom stereocenters. The number of anilines is 1. The number of pyridine rings is 3. The first-order valence-corrected chi connectivity index (χ1v) is 9.53. The number of benzene rings is 1. The van der Waals surface area contributed by atoms with Gasteiger partial charge < -0.3 is 15.0 Å². The maximum Gasteiger partial charge on any atom is 0.257 e. The lowest BCUT2D eigenvalue weighted by atomic mass is 10.0. The molecule has 1 aromatic carbocycles. The van der Waals surface area contributed by atoms with E-state index in [1.165, 1.54) is 0 Å². The predicted octanol–water partition coefficient (Wildman–Crippen LogP) is 4.01. The monoisotopic (exact) mass is 400 g/mol. The van der Waals surface area contributed by atoms with Crippen LogP contribution in [0.25, 0.3) is 33.4 Å². The molecule has 4 rings (SSSR count). The van der Waals surface area contributed by atoms with Gasteiger partial charge >= 0.3 is 0 Å². The van der Waals surface area contributed by atoms with Gasteiger partial charge in [0.15, 0.2) is 0 Å². The number of hydrogen-bond donors (Lipinski definition) is 2. The number of carbonyl (C=O) groups excluding carboxylic acids is 1. The molecule has 0 aliphatic rings. The first kappa shape index (κ1) is 19.3. The summed E-state index contributed by atoms with van der Waals surface area (Å²) in [5.74, 6) is 0.391. The quantitative estimate of drug-likeness (QED) is 0.528. The van der Waals surface area contributed by atoms with E-state index in [0.29, 0.717) is 34.6 Å². The van der Waals surface area contributed by atoms with Gasteiger partial charge in [-0.1, -0.05) is 13.0 Å². The van der Waals surface area contributed by atoms with Crippen molar-refractivity contribution in [3.8, 4) is 28.3 Å². The molecule has 0 saturated carbocycles. The van der Waals surface area contributed by atoms with Gasteiger partial charge in [-0.25, -0.2) is 4.98 Å². The van der Waals surface area contributed by atoms with E-state index in [1.807, 2.05) is 30.3 Å². The summed E-state index contributed by atoms with van der Waals surface area (Å²) < 4.78 is 5.51. The molecule has 0 radical (unpaired) electrons. The SMILES string of the molecule is CCC(=O)Nc1cc2nc(-c3ccc[nH]c3=O)cc(-c3ccccn3)c2cc1OC. The zero-order valence-electron chi connectivity index (χ0n) is 16.6. The van der Waals surface area contributed by atoms with Crippen LogP contribution in [0.4, 0.5) is 5.69 Å². The third-order valence-corrected chi connectivity index (χ3v) is 4.76. The average Bonchev–Trinajstić information content (AvgIpc) is 2.78. The Morgan fingerprint density at radius 1 is 1.10 bits per heavy atom. The van der Waals surface area contributed by atoms with Gasteiger partial charge in [-0.15, -0.1) is 0 Å². The smallest absolute Gasteiger partial charge is 0.257 e. The maximum absolute atomic E-state index is 12.4. The van der Waals surface area contributed by atoms with Gasteiger partial charge in [0.05, 0.1) is 35.3 Å². The Kier molecular flexibility index (Phi) is 5.26. The molecule has 150 valence electrons. The van der Waals surface area contributed by atoms with Gasteiger partial charge in [0.2, 0.25) is 5.91 Å². The molecule has 7 heteroatoms. The molecule has 4 aromatic rings. The minimum absolute atomic E-state index is 0.131. The Labute approximate surface area is 172 Å². The fourth-order valence-corrected chi connectivity index (χ4v) is 3.25. The van der Waals surface area contributed by atoms with E-state index in [-0.39, 0.29) is 11.5 Å². The Bertz CT molecular complexity index is 1280. The third kappa shape index (κ3) is 3.65. The highest BCUT2D eigenvalue weighted by atomic mass is 16.5. The van der Waals surface area contributed by atoms with Crippen molar-refractivity contribution in [1.82, 2.24) is 15.0 Å². The molecule has 7 nitrogen and oxygen atoms in total. The lowest BCUT2D eigenvalue weighted by Crippen LogP contribution is -2.11. The molecule has 0 atom stereocenters. The van der Waals surface area contributed by atoms with Gasteiger partial charge in [-0.05, 0) is 42.5 Å². The van der Waals surface area contributed by atoms with Gasteiger partial charge in [0.1, 0.15) is 5.75 Å². The van der Waals surface area contributed by atoms with Gasteiger partial charge in [-0.2, -0.15) is 0 Å². The van der Waals surface area contributed by atoms with Crippen LogP contribution in [0, 0.1) is 0 Å². The van der Waals surface area contributed by atoms with Crippen LogP contribution in [0.3, 0.4) is 0 Å². The molecular weight excluding hydrogens is 380 g/mol. The number of amides is 1. The standard InChI is InChI=1S/C23H20N4O3/c1-3-22(28)27-20-13-19-16(12-21(20)30-2)15(17-8-4-5-9-24-17)11-18(26-19)14-7-6-10-25-23(14)29/h4-13H,3H2,1-2H3,(H,25,29)(H,27,28). The molecule has 3 heterocycles. The van der Waals surface area contributed by atoms with E-state index in [9.17, 15) is 9.59 Å². The van der Waals surface area contributed by atoms with Crippen LogP contribution in [0.15, 0.2) is 65.7 Å². The molecule has 0 spiro atoms. The average molecular weight is 400 g/mol. The fraction of sp³-hybridized carbons (Fsp3) is 0.130. The molecule has 0 aliphatic carbocycles. The predicted molar refractivity (Wildman–Crippen MR) is 117 cm³/mol. The number of methoxy groups -OCH3 is 1. The fourth-order valence-electron chi connectivity index (χ4n) is 3.25. The highest BCUT2D eigenvalue weighted by Gasteiger charge is 2.16. The van der Waals surface area contributed by atoms with Crippen molar-refractivity contribution >= 4 is 22.5 Å². The lowest BCUT2D eigenvalue weighted by molar-refractivity contribution is -0.115. The Balaban J connectivity index is 2.02. The van der Waals surface area contributed by atoms with Crippen molar-refractivity contribution in [2.75, 3.05) is 12.4 Å². The van der Waals surface area contributed by atoms with E-state index in [0.717, 1.165) is 16.6 Å². The number of H-pyrrole nitrogens is 1. The van der Waals surface area contributed by atoms with Crippen molar-refractivity contribution in [3.63, 3.8) is 0 Å². The normalized spacial score (nSPS) is 10.7. The number of ether oxygens (including phenoxy) is 1. The Morgan fingerprint density at radius 2 is 1.97 bits per heavy atom. The summed E-state index contributed by atoms with van der Waals surface area (Å²) in [7, 11) is 1.55. The summed E-state index contributed by atoms with van der Waals surface area (Å²) in [5.41, 5.74) is 3.43. The second-order valence-corrected chi connectivity index (χ2v) is 6.65.